The second-order valence-electron chi connectivity index (χ2n) is 6.56. The van der Waals surface area contributed by atoms with E-state index < -0.39 is 0 Å². The van der Waals surface area contributed by atoms with Gasteiger partial charge in [-0.05, 0) is 43.2 Å². The van der Waals surface area contributed by atoms with E-state index in [0.717, 1.165) is 23.5 Å². The van der Waals surface area contributed by atoms with E-state index in [-0.39, 0.29) is 5.78 Å². The van der Waals surface area contributed by atoms with Gasteiger partial charge in [-0.3, -0.25) is 14.5 Å². The number of pyridine rings is 1. The smallest absolute Gasteiger partial charge is 0.185 e. The van der Waals surface area contributed by atoms with E-state index >= 15 is 0 Å². The van der Waals surface area contributed by atoms with Crippen LogP contribution in [0.3, 0.4) is 0 Å². The molecule has 0 spiro atoms. The SMILES string of the molecule is Cc1cccc(C(=O)Cc2cccc(C(C)Cn3nccc3C)c2)n1. The molecule has 1 aromatic carbocycles. The average Bonchev–Trinajstić information content (AvgIpc) is 3.00. The maximum atomic E-state index is 12.5. The summed E-state index contributed by atoms with van der Waals surface area (Å²) < 4.78 is 2.01. The topological polar surface area (TPSA) is 47.8 Å². The third-order valence-corrected chi connectivity index (χ3v) is 4.43. The Labute approximate surface area is 148 Å². The van der Waals surface area contributed by atoms with Crippen molar-refractivity contribution in [2.75, 3.05) is 0 Å². The number of aromatic nitrogens is 3. The molecule has 0 fully saturated rings. The molecule has 0 N–H and O–H groups in total. The molecule has 2 heterocycles. The first kappa shape index (κ1) is 17.1. The van der Waals surface area contributed by atoms with Gasteiger partial charge in [-0.15, -0.1) is 0 Å². The van der Waals surface area contributed by atoms with Gasteiger partial charge in [-0.2, -0.15) is 5.10 Å². The van der Waals surface area contributed by atoms with Crippen LogP contribution in [-0.2, 0) is 13.0 Å². The Kier molecular flexibility index (Phi) is 5.08. The lowest BCUT2D eigenvalue weighted by atomic mass is 9.96. The molecular formula is C21H23N3O. The lowest BCUT2D eigenvalue weighted by Gasteiger charge is -2.14. The molecule has 128 valence electrons. The molecule has 0 amide bonds. The first-order valence-electron chi connectivity index (χ1n) is 8.57. The van der Waals surface area contributed by atoms with E-state index in [1.54, 1.807) is 6.07 Å². The van der Waals surface area contributed by atoms with Gasteiger partial charge in [0.25, 0.3) is 0 Å². The highest BCUT2D eigenvalue weighted by Crippen LogP contribution is 2.20. The summed E-state index contributed by atoms with van der Waals surface area (Å²) in [6, 6.07) is 15.8. The van der Waals surface area contributed by atoms with Crippen LogP contribution in [0.15, 0.2) is 54.7 Å². The number of nitrogens with zero attached hydrogens (tertiary/aromatic N) is 3. The minimum atomic E-state index is 0.0522. The predicted molar refractivity (Wildman–Crippen MR) is 98.8 cm³/mol. The van der Waals surface area contributed by atoms with E-state index in [2.05, 4.69) is 36.1 Å². The van der Waals surface area contributed by atoms with Gasteiger partial charge >= 0.3 is 0 Å². The van der Waals surface area contributed by atoms with Crippen LogP contribution in [0.4, 0.5) is 0 Å². The van der Waals surface area contributed by atoms with Crippen LogP contribution in [0, 0.1) is 13.8 Å². The fourth-order valence-electron chi connectivity index (χ4n) is 2.94. The van der Waals surface area contributed by atoms with Gasteiger partial charge < -0.3 is 0 Å². The normalized spacial score (nSPS) is 12.1. The summed E-state index contributed by atoms with van der Waals surface area (Å²) >= 11 is 0. The molecule has 1 atom stereocenters. The van der Waals surface area contributed by atoms with Crippen LogP contribution in [0.25, 0.3) is 0 Å². The Balaban J connectivity index is 1.73. The zero-order valence-electron chi connectivity index (χ0n) is 14.9. The molecule has 4 nitrogen and oxygen atoms in total. The first-order chi connectivity index (χ1) is 12.0. The van der Waals surface area contributed by atoms with Crippen LogP contribution in [0.2, 0.25) is 0 Å². The molecule has 0 aliphatic carbocycles. The number of Topliss-reactive ketones (excluding diaryl/α,β-unsaturated/α-hetero) is 1. The highest BCUT2D eigenvalue weighted by Gasteiger charge is 2.12. The van der Waals surface area contributed by atoms with Crippen molar-refractivity contribution in [3.05, 3.63) is 82.9 Å². The molecule has 2 aromatic heterocycles. The Morgan fingerprint density at radius 1 is 1.12 bits per heavy atom. The number of hydrogen-bond donors (Lipinski definition) is 0. The molecule has 1 unspecified atom stereocenters. The van der Waals surface area contributed by atoms with Gasteiger partial charge in [0, 0.05) is 36.5 Å². The monoisotopic (exact) mass is 333 g/mol. The maximum Gasteiger partial charge on any atom is 0.185 e. The number of carbonyl (C=O) groups is 1. The van der Waals surface area contributed by atoms with Crippen LogP contribution in [0.1, 0.15) is 45.8 Å². The maximum absolute atomic E-state index is 12.5. The minimum absolute atomic E-state index is 0.0522. The van der Waals surface area contributed by atoms with Crippen LogP contribution in [-0.4, -0.2) is 20.5 Å². The van der Waals surface area contributed by atoms with Crippen molar-refractivity contribution in [2.45, 2.75) is 39.7 Å². The van der Waals surface area contributed by atoms with Crippen molar-refractivity contribution in [2.24, 2.45) is 0 Å². The van der Waals surface area contributed by atoms with E-state index in [0.29, 0.717) is 18.0 Å². The fraction of sp³-hybridized carbons (Fsp3) is 0.286. The van der Waals surface area contributed by atoms with Gasteiger partial charge in [0.1, 0.15) is 5.69 Å². The van der Waals surface area contributed by atoms with Gasteiger partial charge in [-0.25, -0.2) is 0 Å². The Morgan fingerprint density at radius 3 is 2.64 bits per heavy atom. The third kappa shape index (κ3) is 4.21. The van der Waals surface area contributed by atoms with Gasteiger partial charge in [0.2, 0.25) is 0 Å². The summed E-state index contributed by atoms with van der Waals surface area (Å²) in [4.78, 5) is 16.8. The van der Waals surface area contributed by atoms with Gasteiger partial charge in [0.05, 0.1) is 0 Å². The highest BCUT2D eigenvalue weighted by atomic mass is 16.1. The van der Waals surface area contributed by atoms with Crippen molar-refractivity contribution < 1.29 is 4.79 Å². The zero-order valence-corrected chi connectivity index (χ0v) is 14.9. The van der Waals surface area contributed by atoms with Crippen LogP contribution < -0.4 is 0 Å². The molecule has 3 rings (SSSR count). The molecule has 25 heavy (non-hydrogen) atoms. The van der Waals surface area contributed by atoms with Crippen LogP contribution in [0.5, 0.6) is 0 Å². The summed E-state index contributed by atoms with van der Waals surface area (Å²) in [6.45, 7) is 6.97. The third-order valence-electron chi connectivity index (χ3n) is 4.43. The summed E-state index contributed by atoms with van der Waals surface area (Å²) in [5.41, 5.74) is 4.80. The highest BCUT2D eigenvalue weighted by molar-refractivity contribution is 5.95. The standard InChI is InChI=1S/C21H23N3O/c1-15(14-24-17(3)10-11-22-24)19-8-5-7-18(12-19)13-21(25)20-9-4-6-16(2)23-20/h4-12,15H,13-14H2,1-3H3. The van der Waals surface area contributed by atoms with Gasteiger partial charge in [-0.1, -0.05) is 37.3 Å². The van der Waals surface area contributed by atoms with E-state index in [1.807, 2.05) is 48.1 Å². The summed E-state index contributed by atoms with van der Waals surface area (Å²) in [5, 5.41) is 4.35. The second-order valence-corrected chi connectivity index (χ2v) is 6.56. The molecule has 0 saturated heterocycles. The summed E-state index contributed by atoms with van der Waals surface area (Å²) in [5.74, 6) is 0.377. The van der Waals surface area contributed by atoms with E-state index in [9.17, 15) is 4.79 Å². The Morgan fingerprint density at radius 2 is 1.92 bits per heavy atom. The lowest BCUT2D eigenvalue weighted by Crippen LogP contribution is -2.10. The van der Waals surface area contributed by atoms with Crippen molar-refractivity contribution in [1.29, 1.82) is 0 Å². The van der Waals surface area contributed by atoms with Crippen molar-refractivity contribution in [3.63, 3.8) is 0 Å². The molecular weight excluding hydrogens is 310 g/mol. The minimum Gasteiger partial charge on any atom is -0.292 e. The Bertz CT molecular complexity index is 882. The molecule has 0 radical (unpaired) electrons. The molecule has 4 heteroatoms. The number of aryl methyl sites for hydroxylation is 2. The molecule has 0 bridgehead atoms. The van der Waals surface area contributed by atoms with Crippen molar-refractivity contribution in [3.8, 4) is 0 Å². The molecule has 0 aliphatic heterocycles. The quantitative estimate of drug-likeness (QED) is 0.637. The zero-order chi connectivity index (χ0) is 17.8. The Hall–Kier alpha value is -2.75. The summed E-state index contributed by atoms with van der Waals surface area (Å²) in [7, 11) is 0. The first-order valence-corrected chi connectivity index (χ1v) is 8.57. The number of carbonyl (C=O) groups excluding carboxylic acids is 1. The molecule has 0 saturated carbocycles. The fourth-order valence-corrected chi connectivity index (χ4v) is 2.94. The van der Waals surface area contributed by atoms with Gasteiger partial charge in [0.15, 0.2) is 5.78 Å². The average molecular weight is 333 g/mol. The number of ketones is 1. The van der Waals surface area contributed by atoms with Crippen molar-refractivity contribution >= 4 is 5.78 Å². The van der Waals surface area contributed by atoms with Crippen molar-refractivity contribution in [1.82, 2.24) is 14.8 Å². The number of rotatable bonds is 6. The predicted octanol–water partition coefficient (Wildman–Crippen LogP) is 4.12. The molecule has 0 aliphatic rings. The number of benzene rings is 1. The van der Waals surface area contributed by atoms with E-state index in [1.165, 1.54) is 5.56 Å². The number of hydrogen-bond acceptors (Lipinski definition) is 3. The summed E-state index contributed by atoms with van der Waals surface area (Å²) in [6.07, 6.45) is 2.20. The largest absolute Gasteiger partial charge is 0.292 e. The second kappa shape index (κ2) is 7.43. The lowest BCUT2D eigenvalue weighted by molar-refractivity contribution is 0.0988. The van der Waals surface area contributed by atoms with Crippen LogP contribution >= 0.6 is 0 Å². The molecule has 3 aromatic rings. The van der Waals surface area contributed by atoms with E-state index in [4.69, 9.17) is 0 Å².